The van der Waals surface area contributed by atoms with Gasteiger partial charge in [-0.05, 0) is 42.5 Å². The summed E-state index contributed by atoms with van der Waals surface area (Å²) < 4.78 is 0.0428. The first-order valence-corrected chi connectivity index (χ1v) is 9.87. The average Bonchev–Trinajstić information content (AvgIpc) is 3.15. The number of benzene rings is 2. The van der Waals surface area contributed by atoms with Crippen LogP contribution in [0.2, 0.25) is 0 Å². The number of hydrazine groups is 1. The molecule has 0 radical (unpaired) electrons. The Morgan fingerprint density at radius 2 is 1.70 bits per heavy atom. The van der Waals surface area contributed by atoms with Crippen LogP contribution in [0.15, 0.2) is 53.4 Å². The maximum absolute atomic E-state index is 13.0. The van der Waals surface area contributed by atoms with Crippen molar-refractivity contribution in [1.29, 1.82) is 0 Å². The van der Waals surface area contributed by atoms with E-state index in [2.05, 4.69) is 5.43 Å². The van der Waals surface area contributed by atoms with Gasteiger partial charge in [0, 0.05) is 18.1 Å². The number of hydrogen-bond donors (Lipinski definition) is 2. The van der Waals surface area contributed by atoms with Crippen molar-refractivity contribution in [3.05, 3.63) is 64.6 Å². The molecular formula is C20H13N3O5S2. The topological polar surface area (TPSA) is 107 Å². The Morgan fingerprint density at radius 3 is 2.37 bits per heavy atom. The molecular weight excluding hydrogens is 426 g/mol. The second-order valence-corrected chi connectivity index (χ2v) is 8.02. The molecule has 8 nitrogen and oxygen atoms in total. The van der Waals surface area contributed by atoms with E-state index in [1.165, 1.54) is 31.2 Å². The number of carbonyl (C=O) groups is 4. The largest absolute Gasteiger partial charge is 0.508 e. The highest BCUT2D eigenvalue weighted by atomic mass is 32.2. The van der Waals surface area contributed by atoms with Crippen LogP contribution in [0.5, 0.6) is 5.75 Å². The van der Waals surface area contributed by atoms with Gasteiger partial charge in [0.2, 0.25) is 5.91 Å². The molecule has 30 heavy (non-hydrogen) atoms. The third-order valence-corrected chi connectivity index (χ3v) is 5.86. The van der Waals surface area contributed by atoms with Gasteiger partial charge in [-0.25, -0.2) is 4.90 Å². The highest BCUT2D eigenvalue weighted by Gasteiger charge is 2.43. The molecule has 1 saturated heterocycles. The highest BCUT2D eigenvalue weighted by Crippen LogP contribution is 2.44. The molecule has 4 amide bonds. The third kappa shape index (κ3) is 3.15. The molecule has 0 aliphatic carbocycles. The van der Waals surface area contributed by atoms with Crippen LogP contribution in [0.4, 0.5) is 5.69 Å². The molecule has 0 saturated carbocycles. The summed E-state index contributed by atoms with van der Waals surface area (Å²) in [7, 11) is 0. The van der Waals surface area contributed by atoms with E-state index in [-0.39, 0.29) is 26.1 Å². The Hall–Kier alpha value is -3.50. The fraction of sp³-hybridized carbons (Fsp3) is 0.0500. The minimum absolute atomic E-state index is 0.00432. The van der Waals surface area contributed by atoms with Crippen LogP contribution in [-0.2, 0) is 14.4 Å². The molecule has 2 N–H and O–H groups in total. The molecule has 2 aliphatic heterocycles. The van der Waals surface area contributed by atoms with Crippen molar-refractivity contribution in [2.75, 3.05) is 4.90 Å². The summed E-state index contributed by atoms with van der Waals surface area (Å²) in [6.07, 6.45) is 0. The number of phenols is 1. The van der Waals surface area contributed by atoms with Crippen molar-refractivity contribution in [1.82, 2.24) is 10.4 Å². The maximum atomic E-state index is 13.0. The molecule has 0 aromatic heterocycles. The van der Waals surface area contributed by atoms with Gasteiger partial charge in [-0.2, -0.15) is 5.01 Å². The van der Waals surface area contributed by atoms with Crippen molar-refractivity contribution >= 4 is 63.2 Å². The number of para-hydroxylation sites is 1. The van der Waals surface area contributed by atoms with E-state index < -0.39 is 23.6 Å². The molecule has 1 fully saturated rings. The Bertz CT molecular complexity index is 1170. The molecule has 4 rings (SSSR count). The number of aromatic hydroxyl groups is 1. The number of hydrogen-bond acceptors (Lipinski definition) is 7. The van der Waals surface area contributed by atoms with Gasteiger partial charge >= 0.3 is 0 Å². The van der Waals surface area contributed by atoms with Crippen LogP contribution in [0.1, 0.15) is 22.8 Å². The number of nitrogens with one attached hydrogen (secondary N) is 1. The number of phenolic OH excluding ortho intramolecular Hbond substituents is 1. The van der Waals surface area contributed by atoms with E-state index in [9.17, 15) is 24.3 Å². The zero-order chi connectivity index (χ0) is 21.6. The zero-order valence-corrected chi connectivity index (χ0v) is 17.0. The molecule has 0 atom stereocenters. The van der Waals surface area contributed by atoms with Crippen LogP contribution < -0.4 is 10.3 Å². The molecule has 150 valence electrons. The van der Waals surface area contributed by atoms with E-state index in [4.69, 9.17) is 12.2 Å². The van der Waals surface area contributed by atoms with Crippen LogP contribution >= 0.6 is 24.0 Å². The number of imide groups is 1. The minimum atomic E-state index is -0.666. The smallest absolute Gasteiger partial charge is 0.286 e. The monoisotopic (exact) mass is 439 g/mol. The lowest BCUT2D eigenvalue weighted by atomic mass is 10.1. The molecule has 0 spiro atoms. The van der Waals surface area contributed by atoms with Crippen LogP contribution in [0.25, 0.3) is 5.57 Å². The first kappa shape index (κ1) is 19.8. The summed E-state index contributed by atoms with van der Waals surface area (Å²) in [6.45, 7) is 1.26. The highest BCUT2D eigenvalue weighted by molar-refractivity contribution is 8.26. The van der Waals surface area contributed by atoms with E-state index in [1.54, 1.807) is 24.3 Å². The van der Waals surface area contributed by atoms with Gasteiger partial charge in [0.05, 0.1) is 16.2 Å². The predicted molar refractivity (Wildman–Crippen MR) is 114 cm³/mol. The molecule has 10 heteroatoms. The minimum Gasteiger partial charge on any atom is -0.508 e. The Labute approximate surface area is 180 Å². The van der Waals surface area contributed by atoms with E-state index in [0.717, 1.165) is 21.7 Å². The number of thiocarbonyl (C=S) groups is 1. The standard InChI is InChI=1S/C20H13N3O5S2/c1-10(24)22-14-5-3-2-4-13(14)15(18(22)27)16-19(28)23(20(29)30-16)21-17(26)11-6-8-12(25)9-7-11/h2-9,25H,1H3,(H,21,26)/b16-15+. The quantitative estimate of drug-likeness (QED) is 0.546. The number of anilines is 1. The third-order valence-electron chi connectivity index (χ3n) is 4.49. The van der Waals surface area contributed by atoms with Gasteiger partial charge in [0.15, 0.2) is 4.32 Å². The van der Waals surface area contributed by atoms with Crippen molar-refractivity contribution in [2.24, 2.45) is 0 Å². The summed E-state index contributed by atoms with van der Waals surface area (Å²) in [5.74, 6) is -2.37. The van der Waals surface area contributed by atoms with Crippen molar-refractivity contribution < 1.29 is 24.3 Å². The number of nitrogens with zero attached hydrogens (tertiary/aromatic N) is 2. The summed E-state index contributed by atoms with van der Waals surface area (Å²) in [6, 6.07) is 12.1. The number of carbonyl (C=O) groups excluding carboxylic acids is 4. The van der Waals surface area contributed by atoms with Gasteiger partial charge in [-0.15, -0.1) is 0 Å². The van der Waals surface area contributed by atoms with Crippen LogP contribution in [0.3, 0.4) is 0 Å². The molecule has 2 aromatic carbocycles. The van der Waals surface area contributed by atoms with Gasteiger partial charge in [0.25, 0.3) is 17.7 Å². The first-order chi connectivity index (χ1) is 14.3. The molecule has 2 aliphatic rings. The van der Waals surface area contributed by atoms with Gasteiger partial charge in [0.1, 0.15) is 5.75 Å². The van der Waals surface area contributed by atoms with Crippen molar-refractivity contribution in [3.8, 4) is 5.75 Å². The average molecular weight is 439 g/mol. The number of rotatable bonds is 2. The molecule has 0 bridgehead atoms. The van der Waals surface area contributed by atoms with Crippen molar-refractivity contribution in [3.63, 3.8) is 0 Å². The molecule has 0 unspecified atom stereocenters. The second-order valence-electron chi connectivity index (χ2n) is 6.38. The first-order valence-electron chi connectivity index (χ1n) is 8.64. The maximum Gasteiger partial charge on any atom is 0.286 e. The summed E-state index contributed by atoms with van der Waals surface area (Å²) in [4.78, 5) is 51.4. The zero-order valence-electron chi connectivity index (χ0n) is 15.4. The summed E-state index contributed by atoms with van der Waals surface area (Å²) >= 11 is 6.10. The lowest BCUT2D eigenvalue weighted by molar-refractivity contribution is -0.125. The fourth-order valence-electron chi connectivity index (χ4n) is 3.14. The van der Waals surface area contributed by atoms with Gasteiger partial charge in [-0.1, -0.05) is 30.0 Å². The number of amides is 4. The molecule has 2 aromatic rings. The van der Waals surface area contributed by atoms with Gasteiger partial charge in [-0.3, -0.25) is 24.6 Å². The van der Waals surface area contributed by atoms with E-state index in [0.29, 0.717) is 11.3 Å². The number of thioether (sulfide) groups is 1. The summed E-state index contributed by atoms with van der Waals surface area (Å²) in [5, 5.41) is 10.2. The second kappa shape index (κ2) is 7.39. The predicted octanol–water partition coefficient (Wildman–Crippen LogP) is 2.20. The van der Waals surface area contributed by atoms with Crippen LogP contribution in [-0.4, -0.2) is 38.1 Å². The Kier molecular flexibility index (Phi) is 4.88. The molecule has 2 heterocycles. The summed E-state index contributed by atoms with van der Waals surface area (Å²) in [5.41, 5.74) is 3.53. The Morgan fingerprint density at radius 1 is 1.03 bits per heavy atom. The van der Waals surface area contributed by atoms with E-state index in [1.807, 2.05) is 0 Å². The lowest BCUT2D eigenvalue weighted by Crippen LogP contribution is -2.45. The normalized spacial score (nSPS) is 18.1. The van der Waals surface area contributed by atoms with E-state index >= 15 is 0 Å². The SMILES string of the molecule is CC(=O)N1C(=O)/C(=C2/SC(=S)N(NC(=O)c3ccc(O)cc3)C2=O)c2ccccc21. The van der Waals surface area contributed by atoms with Gasteiger partial charge < -0.3 is 5.11 Å². The van der Waals surface area contributed by atoms with Crippen LogP contribution in [0, 0.1) is 0 Å². The lowest BCUT2D eigenvalue weighted by Gasteiger charge is -2.15. The fourth-order valence-corrected chi connectivity index (χ4v) is 4.39. The number of fused-ring (bicyclic) bond motifs is 1. The van der Waals surface area contributed by atoms with Crippen molar-refractivity contribution in [2.45, 2.75) is 6.92 Å². The Balaban J connectivity index is 1.69.